The van der Waals surface area contributed by atoms with Crippen molar-refractivity contribution < 1.29 is 19.0 Å². The fourth-order valence-electron chi connectivity index (χ4n) is 2.30. The highest BCUT2D eigenvalue weighted by Crippen LogP contribution is 2.18. The van der Waals surface area contributed by atoms with Crippen LogP contribution in [0.4, 0.5) is 4.39 Å². The van der Waals surface area contributed by atoms with E-state index in [4.69, 9.17) is 9.84 Å². The van der Waals surface area contributed by atoms with Crippen LogP contribution in [0.25, 0.3) is 0 Å². The van der Waals surface area contributed by atoms with Crippen LogP contribution in [0.1, 0.15) is 29.3 Å². The molecule has 4 nitrogen and oxygen atoms in total. The van der Waals surface area contributed by atoms with Crippen molar-refractivity contribution in [1.82, 2.24) is 4.90 Å². The molecule has 1 aromatic carbocycles. The van der Waals surface area contributed by atoms with Crippen molar-refractivity contribution in [2.24, 2.45) is 0 Å². The number of carboxylic acid groups (broad SMARTS) is 1. The van der Waals surface area contributed by atoms with Crippen molar-refractivity contribution in [2.45, 2.75) is 25.9 Å². The number of rotatable bonds is 4. The van der Waals surface area contributed by atoms with Gasteiger partial charge in [0, 0.05) is 24.7 Å². The van der Waals surface area contributed by atoms with E-state index < -0.39 is 11.8 Å². The number of ether oxygens (including phenoxy) is 1. The molecule has 0 aromatic heterocycles. The lowest BCUT2D eigenvalue weighted by molar-refractivity contribution is -0.0131. The first-order valence-corrected chi connectivity index (χ1v) is 6.45. The molecule has 0 saturated carbocycles. The summed E-state index contributed by atoms with van der Waals surface area (Å²) < 4.78 is 19.3. The number of nitrogens with zero attached hydrogens (tertiary/aromatic N) is 1. The maximum Gasteiger partial charge on any atom is 0.335 e. The van der Waals surface area contributed by atoms with Crippen molar-refractivity contribution in [3.63, 3.8) is 0 Å². The molecule has 1 unspecified atom stereocenters. The quantitative estimate of drug-likeness (QED) is 0.908. The first-order chi connectivity index (χ1) is 9.11. The van der Waals surface area contributed by atoms with E-state index in [1.807, 2.05) is 0 Å². The molecule has 5 heteroatoms. The van der Waals surface area contributed by atoms with Gasteiger partial charge in [0.05, 0.1) is 18.8 Å². The van der Waals surface area contributed by atoms with Gasteiger partial charge in [0.2, 0.25) is 0 Å². The summed E-state index contributed by atoms with van der Waals surface area (Å²) in [6.45, 7) is 4.68. The van der Waals surface area contributed by atoms with Crippen LogP contribution in [-0.4, -0.2) is 41.8 Å². The smallest absolute Gasteiger partial charge is 0.335 e. The van der Waals surface area contributed by atoms with Gasteiger partial charge in [-0.15, -0.1) is 0 Å². The van der Waals surface area contributed by atoms with Gasteiger partial charge in [0.1, 0.15) is 5.82 Å². The normalized spacial score (nSPS) is 20.4. The van der Waals surface area contributed by atoms with Crippen LogP contribution in [0.3, 0.4) is 0 Å². The lowest BCUT2D eigenvalue weighted by Crippen LogP contribution is -2.44. The van der Waals surface area contributed by atoms with E-state index in [2.05, 4.69) is 11.8 Å². The molecule has 1 aromatic rings. The first kappa shape index (κ1) is 14.0. The Morgan fingerprint density at radius 3 is 3.00 bits per heavy atom. The average molecular weight is 267 g/mol. The second-order valence-corrected chi connectivity index (χ2v) is 4.72. The lowest BCUT2D eigenvalue weighted by Gasteiger charge is -2.35. The molecular weight excluding hydrogens is 249 g/mol. The minimum Gasteiger partial charge on any atom is -0.478 e. The number of hydrogen-bond donors (Lipinski definition) is 1. The van der Waals surface area contributed by atoms with Crippen LogP contribution in [0.5, 0.6) is 0 Å². The zero-order valence-electron chi connectivity index (χ0n) is 10.9. The van der Waals surface area contributed by atoms with Crippen LogP contribution in [0.15, 0.2) is 18.2 Å². The molecule has 0 aliphatic carbocycles. The van der Waals surface area contributed by atoms with Crippen molar-refractivity contribution in [1.29, 1.82) is 0 Å². The zero-order valence-corrected chi connectivity index (χ0v) is 10.9. The largest absolute Gasteiger partial charge is 0.478 e. The molecule has 19 heavy (non-hydrogen) atoms. The minimum absolute atomic E-state index is 0.0183. The third-order valence-corrected chi connectivity index (χ3v) is 3.49. The molecular formula is C14H18FNO3. The summed E-state index contributed by atoms with van der Waals surface area (Å²) in [5, 5.41) is 8.81. The van der Waals surface area contributed by atoms with Gasteiger partial charge in [-0.2, -0.15) is 0 Å². The Balaban J connectivity index is 2.11. The Kier molecular flexibility index (Phi) is 4.50. The molecule has 0 amide bonds. The van der Waals surface area contributed by atoms with Crippen LogP contribution < -0.4 is 0 Å². The number of carbonyl (C=O) groups is 1. The second-order valence-electron chi connectivity index (χ2n) is 4.72. The number of hydrogen-bond acceptors (Lipinski definition) is 3. The number of benzene rings is 1. The van der Waals surface area contributed by atoms with Gasteiger partial charge in [-0.1, -0.05) is 13.0 Å². The SMILES string of the molecule is CCC1COCCN1Cc1ccc(C(=O)O)cc1F. The van der Waals surface area contributed by atoms with E-state index in [1.54, 1.807) is 6.07 Å². The zero-order chi connectivity index (χ0) is 13.8. The number of aromatic carboxylic acids is 1. The van der Waals surface area contributed by atoms with Gasteiger partial charge >= 0.3 is 5.97 Å². The van der Waals surface area contributed by atoms with E-state index in [9.17, 15) is 9.18 Å². The summed E-state index contributed by atoms with van der Waals surface area (Å²) in [5.74, 6) is -1.57. The van der Waals surface area contributed by atoms with E-state index in [0.717, 1.165) is 19.0 Å². The third-order valence-electron chi connectivity index (χ3n) is 3.49. The number of morpholine rings is 1. The standard InChI is InChI=1S/C14H18FNO3/c1-2-12-9-19-6-5-16(12)8-11-4-3-10(14(17)18)7-13(11)15/h3-4,7,12H,2,5-6,8-9H2,1H3,(H,17,18). The summed E-state index contributed by atoms with van der Waals surface area (Å²) in [6, 6.07) is 4.38. The molecule has 104 valence electrons. The number of carboxylic acids is 1. The van der Waals surface area contributed by atoms with Gasteiger partial charge in [0.25, 0.3) is 0 Å². The summed E-state index contributed by atoms with van der Waals surface area (Å²) in [4.78, 5) is 12.9. The highest BCUT2D eigenvalue weighted by atomic mass is 19.1. The molecule has 1 heterocycles. The first-order valence-electron chi connectivity index (χ1n) is 6.45. The predicted molar refractivity (Wildman–Crippen MR) is 68.7 cm³/mol. The average Bonchev–Trinajstić information content (AvgIpc) is 2.41. The second kappa shape index (κ2) is 6.12. The van der Waals surface area contributed by atoms with Gasteiger partial charge in [-0.05, 0) is 18.6 Å². The fraction of sp³-hybridized carbons (Fsp3) is 0.500. The van der Waals surface area contributed by atoms with Crippen LogP contribution >= 0.6 is 0 Å². The predicted octanol–water partition coefficient (Wildman–Crippen LogP) is 2.13. The van der Waals surface area contributed by atoms with Gasteiger partial charge < -0.3 is 9.84 Å². The molecule has 0 radical (unpaired) electrons. The van der Waals surface area contributed by atoms with Crippen molar-refractivity contribution in [2.75, 3.05) is 19.8 Å². The van der Waals surface area contributed by atoms with Crippen molar-refractivity contribution in [3.05, 3.63) is 35.1 Å². The van der Waals surface area contributed by atoms with E-state index in [1.165, 1.54) is 6.07 Å². The van der Waals surface area contributed by atoms with Crippen molar-refractivity contribution in [3.8, 4) is 0 Å². The summed E-state index contributed by atoms with van der Waals surface area (Å²) in [6.07, 6.45) is 0.953. The van der Waals surface area contributed by atoms with Crippen LogP contribution in [0.2, 0.25) is 0 Å². The summed E-state index contributed by atoms with van der Waals surface area (Å²) in [5.41, 5.74) is 0.514. The third kappa shape index (κ3) is 3.30. The molecule has 1 aliphatic rings. The molecule has 1 atom stereocenters. The van der Waals surface area contributed by atoms with E-state index >= 15 is 0 Å². The summed E-state index contributed by atoms with van der Waals surface area (Å²) >= 11 is 0. The summed E-state index contributed by atoms with van der Waals surface area (Å²) in [7, 11) is 0. The Morgan fingerprint density at radius 2 is 2.37 bits per heavy atom. The van der Waals surface area contributed by atoms with Crippen LogP contribution in [-0.2, 0) is 11.3 Å². The van der Waals surface area contributed by atoms with Crippen LogP contribution in [0, 0.1) is 5.82 Å². The van der Waals surface area contributed by atoms with Crippen molar-refractivity contribution >= 4 is 5.97 Å². The van der Waals surface area contributed by atoms with Gasteiger partial charge in [0.15, 0.2) is 0 Å². The monoisotopic (exact) mass is 267 g/mol. The Hall–Kier alpha value is -1.46. The molecule has 0 bridgehead atoms. The maximum atomic E-state index is 13.9. The Bertz CT molecular complexity index is 464. The highest BCUT2D eigenvalue weighted by Gasteiger charge is 2.22. The van der Waals surface area contributed by atoms with E-state index in [0.29, 0.717) is 31.4 Å². The topological polar surface area (TPSA) is 49.8 Å². The number of halogens is 1. The molecule has 1 N–H and O–H groups in total. The Labute approximate surface area is 111 Å². The fourth-order valence-corrected chi connectivity index (χ4v) is 2.30. The van der Waals surface area contributed by atoms with Gasteiger partial charge in [-0.3, -0.25) is 4.90 Å². The van der Waals surface area contributed by atoms with Gasteiger partial charge in [-0.25, -0.2) is 9.18 Å². The minimum atomic E-state index is -1.11. The molecule has 0 spiro atoms. The molecule has 1 saturated heterocycles. The maximum absolute atomic E-state index is 13.9. The lowest BCUT2D eigenvalue weighted by atomic mass is 10.1. The van der Waals surface area contributed by atoms with E-state index in [-0.39, 0.29) is 5.56 Å². The molecule has 1 fully saturated rings. The molecule has 2 rings (SSSR count). The highest BCUT2D eigenvalue weighted by molar-refractivity contribution is 5.87. The molecule has 1 aliphatic heterocycles. The Morgan fingerprint density at radius 1 is 1.58 bits per heavy atom.